The van der Waals surface area contributed by atoms with Crippen LogP contribution in [-0.2, 0) is 19.1 Å². The largest absolute Gasteiger partial charge is 0.443 e. The smallest absolute Gasteiger partial charge is 0.419 e. The van der Waals surface area contributed by atoms with Crippen molar-refractivity contribution in [2.75, 3.05) is 50.2 Å². The van der Waals surface area contributed by atoms with Crippen LogP contribution in [0, 0.1) is 0 Å². The monoisotopic (exact) mass is 966 g/mol. The summed E-state index contributed by atoms with van der Waals surface area (Å²) in [4.78, 5) is 97.2. The van der Waals surface area contributed by atoms with Gasteiger partial charge in [0, 0.05) is 63.7 Å². The number of benzene rings is 2. The van der Waals surface area contributed by atoms with E-state index in [-0.39, 0.29) is 54.5 Å². The van der Waals surface area contributed by atoms with E-state index in [1.54, 1.807) is 41.2 Å². The number of pyridine rings is 2. The molecular formula is C53H62N8O8Si. The van der Waals surface area contributed by atoms with Crippen LogP contribution < -0.4 is 10.2 Å². The van der Waals surface area contributed by atoms with Crippen LogP contribution in [0.1, 0.15) is 114 Å². The molecular weight excluding hydrogens is 905 g/mol. The number of piperidine rings is 2. The number of rotatable bonds is 12. The van der Waals surface area contributed by atoms with Crippen LogP contribution >= 0.6 is 0 Å². The van der Waals surface area contributed by atoms with E-state index in [1.165, 1.54) is 0 Å². The van der Waals surface area contributed by atoms with Gasteiger partial charge in [-0.25, -0.2) is 19.3 Å². The molecule has 0 radical (unpaired) electrons. The molecule has 3 aromatic heterocycles. The van der Waals surface area contributed by atoms with Crippen molar-refractivity contribution in [1.82, 2.24) is 29.2 Å². The number of carbonyl (C=O) groups excluding carboxylic acids is 6. The molecule has 2 atom stereocenters. The van der Waals surface area contributed by atoms with E-state index >= 15 is 0 Å². The quantitative estimate of drug-likeness (QED) is 0.0716. The van der Waals surface area contributed by atoms with Crippen molar-refractivity contribution in [2.45, 2.75) is 109 Å². The van der Waals surface area contributed by atoms with Crippen LogP contribution in [-0.4, -0.2) is 125 Å². The fraction of sp³-hybridized carbons (Fsp3) is 0.434. The first-order chi connectivity index (χ1) is 33.3. The van der Waals surface area contributed by atoms with E-state index in [1.807, 2.05) is 51.1 Å². The van der Waals surface area contributed by atoms with Gasteiger partial charge in [0.2, 0.25) is 5.91 Å². The van der Waals surface area contributed by atoms with Crippen LogP contribution in [0.5, 0.6) is 0 Å². The van der Waals surface area contributed by atoms with Gasteiger partial charge in [0.05, 0.1) is 28.2 Å². The van der Waals surface area contributed by atoms with Crippen LogP contribution in [0.15, 0.2) is 79.1 Å². The minimum atomic E-state index is -1.39. The molecule has 9 rings (SSSR count). The maximum absolute atomic E-state index is 14.1. The summed E-state index contributed by atoms with van der Waals surface area (Å²) >= 11 is 0. The Labute approximate surface area is 409 Å². The average molecular weight is 967 g/mol. The zero-order valence-electron chi connectivity index (χ0n) is 41.1. The molecule has 70 heavy (non-hydrogen) atoms. The minimum absolute atomic E-state index is 0.0312. The Hall–Kier alpha value is -6.56. The lowest BCUT2D eigenvalue weighted by atomic mass is 9.88. The van der Waals surface area contributed by atoms with Gasteiger partial charge < -0.3 is 19.7 Å². The Morgan fingerprint density at radius 3 is 2.24 bits per heavy atom. The number of fused-ring (bicyclic) bond motifs is 2. The number of anilines is 2. The van der Waals surface area contributed by atoms with Crippen molar-refractivity contribution in [2.24, 2.45) is 0 Å². The number of amides is 5. The molecule has 17 heteroatoms. The molecule has 3 fully saturated rings. The van der Waals surface area contributed by atoms with Crippen LogP contribution in [0.3, 0.4) is 0 Å². The first-order valence-electron chi connectivity index (χ1n) is 24.4. The lowest BCUT2D eigenvalue weighted by molar-refractivity contribution is -0.158. The third-order valence-electron chi connectivity index (χ3n) is 13.9. The Bertz CT molecular complexity index is 2860. The van der Waals surface area contributed by atoms with Crippen molar-refractivity contribution < 1.29 is 38.2 Å². The van der Waals surface area contributed by atoms with Gasteiger partial charge in [-0.1, -0.05) is 56.0 Å². The second-order valence-corrected chi connectivity index (χ2v) is 26.8. The number of imide groups is 2. The second-order valence-electron chi connectivity index (χ2n) is 21.2. The fourth-order valence-corrected chi connectivity index (χ4v) is 10.8. The van der Waals surface area contributed by atoms with Crippen LogP contribution in [0.25, 0.3) is 22.0 Å². The van der Waals surface area contributed by atoms with Gasteiger partial charge in [-0.15, -0.1) is 0 Å². The molecule has 4 aliphatic rings. The van der Waals surface area contributed by atoms with Gasteiger partial charge >= 0.3 is 6.09 Å². The molecule has 2 aromatic carbocycles. The third-order valence-corrected chi connectivity index (χ3v) is 15.6. The molecule has 1 N–H and O–H groups in total. The molecule has 1 unspecified atom stereocenters. The van der Waals surface area contributed by atoms with Gasteiger partial charge in [0.25, 0.3) is 23.6 Å². The highest BCUT2D eigenvalue weighted by Crippen LogP contribution is 2.38. The highest BCUT2D eigenvalue weighted by molar-refractivity contribution is 6.76. The average Bonchev–Trinajstić information content (AvgIpc) is 4.00. The van der Waals surface area contributed by atoms with Gasteiger partial charge in [-0.2, -0.15) is 0 Å². The highest BCUT2D eigenvalue weighted by atomic mass is 28.3. The predicted molar refractivity (Wildman–Crippen MR) is 269 cm³/mol. The Balaban J connectivity index is 0.818. The lowest BCUT2D eigenvalue weighted by Crippen LogP contribution is -2.56. The summed E-state index contributed by atoms with van der Waals surface area (Å²) < 4.78 is 13.2. The number of likely N-dealkylation sites (tertiary alicyclic amines) is 2. The zero-order chi connectivity index (χ0) is 49.6. The van der Waals surface area contributed by atoms with E-state index in [0.29, 0.717) is 29.1 Å². The minimum Gasteiger partial charge on any atom is -0.443 e. The maximum Gasteiger partial charge on any atom is 0.419 e. The first-order valence-corrected chi connectivity index (χ1v) is 28.1. The molecule has 0 spiro atoms. The molecule has 5 amide bonds. The number of ether oxygens (including phenoxy) is 2. The normalized spacial score (nSPS) is 19.4. The van der Waals surface area contributed by atoms with Crippen molar-refractivity contribution in [3.63, 3.8) is 0 Å². The van der Waals surface area contributed by atoms with Gasteiger partial charge in [-0.05, 0) is 119 Å². The van der Waals surface area contributed by atoms with Gasteiger partial charge in [0.1, 0.15) is 30.0 Å². The predicted octanol–water partition coefficient (Wildman–Crippen LogP) is 8.71. The number of aromatic nitrogens is 3. The molecule has 7 heterocycles. The second kappa shape index (κ2) is 19.3. The molecule has 5 aromatic rings. The Morgan fingerprint density at radius 1 is 0.829 bits per heavy atom. The SMILES string of the molecule is CN1CCC[C@@H]1c1cc2cnc(NC(=O)c3ccc(N4CCC(c5ccc(-c6cccc7c6C(=O)N(C6CCC(=O)N(COCC[Si](C)(C)C)C6=O)C7=O)cc5)CC4)nc3)cc2n1C(=O)OC(C)(C)C. The summed E-state index contributed by atoms with van der Waals surface area (Å²) in [5, 5.41) is 3.68. The Kier molecular flexibility index (Phi) is 13.4. The molecule has 3 saturated heterocycles. The number of carbonyl (C=O) groups is 6. The molecule has 0 aliphatic carbocycles. The fourth-order valence-electron chi connectivity index (χ4n) is 10.1. The van der Waals surface area contributed by atoms with E-state index in [0.717, 1.165) is 89.2 Å². The van der Waals surface area contributed by atoms with Crippen molar-refractivity contribution in [1.29, 1.82) is 0 Å². The standard InChI is InChI=1S/C53H62N8O8Si/c1-53(2,3)69-52(67)60-42-29-44(54-31-37(42)28-43(60)40-12-9-23-57(40)4)56-48(63)36-17-19-45(55-30-36)58-24-21-34(22-25-58)33-13-15-35(16-14-33)38-10-8-11-39-47(38)51(66)61(49(39)64)41-18-20-46(62)59(50(41)65)32-68-26-27-70(5,6)7/h8,10-11,13-17,19,28-31,34,40-41H,9,12,18,20-27,32H2,1-7H3,(H,54,56,63)/t40-,41?/m1/s1. The lowest BCUT2D eigenvalue weighted by Gasteiger charge is -2.34. The number of hydrogen-bond acceptors (Lipinski definition) is 12. The van der Waals surface area contributed by atoms with E-state index in [4.69, 9.17) is 9.47 Å². The third kappa shape index (κ3) is 9.92. The summed E-state index contributed by atoms with van der Waals surface area (Å²) in [5.41, 5.74) is 4.19. The van der Waals surface area contributed by atoms with E-state index < -0.39 is 43.5 Å². The van der Waals surface area contributed by atoms with Crippen LogP contribution in [0.4, 0.5) is 16.4 Å². The molecule has 0 bridgehead atoms. The van der Waals surface area contributed by atoms with E-state index in [2.05, 4.69) is 63.9 Å². The van der Waals surface area contributed by atoms with Gasteiger partial charge in [0.15, 0.2) is 0 Å². The van der Waals surface area contributed by atoms with Crippen molar-refractivity contribution >= 4 is 66.2 Å². The van der Waals surface area contributed by atoms with Crippen molar-refractivity contribution in [3.8, 4) is 11.1 Å². The topological polar surface area (TPSA) is 177 Å². The summed E-state index contributed by atoms with van der Waals surface area (Å²) in [5.74, 6) is -1.04. The molecule has 0 saturated carbocycles. The number of nitrogens with one attached hydrogen (secondary N) is 1. The molecule has 16 nitrogen and oxygen atoms in total. The molecule has 4 aliphatic heterocycles. The molecule has 366 valence electrons. The first kappa shape index (κ1) is 48.5. The summed E-state index contributed by atoms with van der Waals surface area (Å²) in [6.45, 7) is 14.9. The highest BCUT2D eigenvalue weighted by Gasteiger charge is 2.48. The number of hydrogen-bond donors (Lipinski definition) is 1. The summed E-state index contributed by atoms with van der Waals surface area (Å²) in [6, 6.07) is 20.5. The van der Waals surface area contributed by atoms with Crippen LogP contribution in [0.2, 0.25) is 25.7 Å². The Morgan fingerprint density at radius 2 is 1.57 bits per heavy atom. The van der Waals surface area contributed by atoms with Crippen molar-refractivity contribution in [3.05, 3.63) is 107 Å². The van der Waals surface area contributed by atoms with Gasteiger partial charge in [-0.3, -0.25) is 38.7 Å². The summed E-state index contributed by atoms with van der Waals surface area (Å²) in [7, 11) is 0.669. The maximum atomic E-state index is 14.1. The number of nitrogens with zero attached hydrogens (tertiary/aromatic N) is 7. The summed E-state index contributed by atoms with van der Waals surface area (Å²) in [6.07, 6.45) is 6.57. The van der Waals surface area contributed by atoms with E-state index in [9.17, 15) is 28.8 Å². The zero-order valence-corrected chi connectivity index (χ0v) is 42.1.